The normalized spacial score (nSPS) is 10.6. The van der Waals surface area contributed by atoms with Crippen LogP contribution in [0.25, 0.3) is 0 Å². The summed E-state index contributed by atoms with van der Waals surface area (Å²) in [5.74, 6) is 2.19. The molecule has 0 spiro atoms. The number of Topliss-reactive ketones (excluding diaryl/α,β-unsaturated/α-hetero) is 1. The summed E-state index contributed by atoms with van der Waals surface area (Å²) in [4.78, 5) is 12.7. The molecule has 0 atom stereocenters. The first-order valence-corrected chi connectivity index (χ1v) is 10.1. The smallest absolute Gasteiger partial charge is 0.191 e. The number of nitrogens with zero attached hydrogens (tertiary/aromatic N) is 3. The van der Waals surface area contributed by atoms with Gasteiger partial charge in [-0.1, -0.05) is 48.2 Å². The van der Waals surface area contributed by atoms with Crippen molar-refractivity contribution in [2.75, 3.05) is 20.0 Å². The van der Waals surface area contributed by atoms with Gasteiger partial charge in [0.25, 0.3) is 0 Å². The Bertz CT molecular complexity index is 986. The van der Waals surface area contributed by atoms with E-state index in [1.165, 1.54) is 11.8 Å². The van der Waals surface area contributed by atoms with Gasteiger partial charge in [0, 0.05) is 18.5 Å². The minimum Gasteiger partial charge on any atom is -0.493 e. The molecule has 0 saturated carbocycles. The zero-order chi connectivity index (χ0) is 20.6. The summed E-state index contributed by atoms with van der Waals surface area (Å²) in [6.45, 7) is 4.41. The fourth-order valence-electron chi connectivity index (χ4n) is 2.87. The molecule has 1 aromatic heterocycles. The van der Waals surface area contributed by atoms with Gasteiger partial charge in [-0.3, -0.25) is 4.79 Å². The van der Waals surface area contributed by atoms with Gasteiger partial charge in [0.2, 0.25) is 0 Å². The van der Waals surface area contributed by atoms with Gasteiger partial charge >= 0.3 is 0 Å². The second-order valence-corrected chi connectivity index (χ2v) is 7.18. The van der Waals surface area contributed by atoms with E-state index in [2.05, 4.69) is 28.9 Å². The highest BCUT2D eigenvalue weighted by Gasteiger charge is 2.16. The average Bonchev–Trinajstić information content (AvgIpc) is 3.13. The molecule has 0 aliphatic heterocycles. The predicted molar refractivity (Wildman–Crippen MR) is 114 cm³/mol. The summed E-state index contributed by atoms with van der Waals surface area (Å²) in [6.07, 6.45) is 2.48. The van der Waals surface area contributed by atoms with Crippen molar-refractivity contribution in [1.82, 2.24) is 14.8 Å². The van der Waals surface area contributed by atoms with Gasteiger partial charge in [0.15, 0.2) is 22.4 Å². The Hall–Kier alpha value is -3.06. The Balaban J connectivity index is 1.73. The van der Waals surface area contributed by atoms with Gasteiger partial charge in [-0.2, -0.15) is 0 Å². The molecule has 29 heavy (non-hydrogen) atoms. The largest absolute Gasteiger partial charge is 0.493 e. The average molecular weight is 410 g/mol. The van der Waals surface area contributed by atoms with Crippen molar-refractivity contribution < 1.29 is 14.3 Å². The predicted octanol–water partition coefficient (Wildman–Crippen LogP) is 4.05. The van der Waals surface area contributed by atoms with Crippen LogP contribution < -0.4 is 9.47 Å². The van der Waals surface area contributed by atoms with Crippen molar-refractivity contribution in [3.05, 3.63) is 78.1 Å². The van der Waals surface area contributed by atoms with Crippen molar-refractivity contribution in [2.45, 2.75) is 18.1 Å². The standard InChI is InChI=1S/C22H23N3O3S/c1-4-12-25-21(13-16-8-6-5-7-9-16)23-24-22(25)29-15-18(26)17-10-11-19(27-2)20(14-17)28-3/h4-11,14H,1,12-13,15H2,2-3H3. The first-order valence-electron chi connectivity index (χ1n) is 9.11. The topological polar surface area (TPSA) is 66.2 Å². The number of carbonyl (C=O) groups excluding carboxylic acids is 1. The highest BCUT2D eigenvalue weighted by molar-refractivity contribution is 7.99. The minimum absolute atomic E-state index is 0.0197. The molecule has 0 radical (unpaired) electrons. The number of allylic oxidation sites excluding steroid dienone is 1. The zero-order valence-electron chi connectivity index (χ0n) is 16.5. The number of thioether (sulfide) groups is 1. The van der Waals surface area contributed by atoms with Crippen LogP contribution in [-0.2, 0) is 13.0 Å². The molecule has 3 aromatic rings. The van der Waals surface area contributed by atoms with Gasteiger partial charge < -0.3 is 14.0 Å². The highest BCUT2D eigenvalue weighted by Crippen LogP contribution is 2.28. The molecule has 0 N–H and O–H groups in total. The second kappa shape index (κ2) is 9.93. The Morgan fingerprint density at radius 2 is 1.86 bits per heavy atom. The molecule has 1 heterocycles. The molecule has 150 valence electrons. The van der Waals surface area contributed by atoms with E-state index in [-0.39, 0.29) is 11.5 Å². The molecule has 0 unspecified atom stereocenters. The number of rotatable bonds is 10. The van der Waals surface area contributed by atoms with Gasteiger partial charge in [0.05, 0.1) is 20.0 Å². The van der Waals surface area contributed by atoms with E-state index in [0.29, 0.717) is 35.2 Å². The van der Waals surface area contributed by atoms with E-state index >= 15 is 0 Å². The second-order valence-electron chi connectivity index (χ2n) is 6.24. The molecular formula is C22H23N3O3S. The third-order valence-electron chi connectivity index (χ3n) is 4.35. The first kappa shape index (κ1) is 20.7. The summed E-state index contributed by atoms with van der Waals surface area (Å²) in [6, 6.07) is 15.3. The van der Waals surface area contributed by atoms with Gasteiger partial charge in [-0.15, -0.1) is 16.8 Å². The third kappa shape index (κ3) is 5.06. The van der Waals surface area contributed by atoms with E-state index in [1.807, 2.05) is 22.8 Å². The lowest BCUT2D eigenvalue weighted by molar-refractivity contribution is 0.102. The maximum absolute atomic E-state index is 12.7. The Morgan fingerprint density at radius 3 is 2.55 bits per heavy atom. The molecule has 0 bridgehead atoms. The maximum atomic E-state index is 12.7. The van der Waals surface area contributed by atoms with E-state index < -0.39 is 0 Å². The van der Waals surface area contributed by atoms with Crippen molar-refractivity contribution in [2.24, 2.45) is 0 Å². The Morgan fingerprint density at radius 1 is 1.10 bits per heavy atom. The van der Waals surface area contributed by atoms with Crippen LogP contribution in [0.4, 0.5) is 0 Å². The molecule has 0 aliphatic carbocycles. The fourth-order valence-corrected chi connectivity index (χ4v) is 3.73. The van der Waals surface area contributed by atoms with Crippen molar-refractivity contribution in [1.29, 1.82) is 0 Å². The zero-order valence-corrected chi connectivity index (χ0v) is 17.3. The van der Waals surface area contributed by atoms with Crippen LogP contribution in [0.15, 0.2) is 66.3 Å². The lowest BCUT2D eigenvalue weighted by Gasteiger charge is -2.09. The number of ether oxygens (including phenoxy) is 2. The number of benzene rings is 2. The lowest BCUT2D eigenvalue weighted by Crippen LogP contribution is -2.07. The summed E-state index contributed by atoms with van der Waals surface area (Å²) in [5, 5.41) is 9.31. The van der Waals surface area contributed by atoms with Gasteiger partial charge in [-0.05, 0) is 23.8 Å². The number of carbonyl (C=O) groups is 1. The number of aromatic nitrogens is 3. The van der Waals surface area contributed by atoms with Gasteiger partial charge in [-0.25, -0.2) is 0 Å². The number of methoxy groups -OCH3 is 2. The quantitative estimate of drug-likeness (QED) is 0.286. The van der Waals surface area contributed by atoms with Crippen LogP contribution in [0.3, 0.4) is 0 Å². The van der Waals surface area contributed by atoms with Crippen LogP contribution in [0, 0.1) is 0 Å². The van der Waals surface area contributed by atoms with E-state index in [0.717, 1.165) is 11.4 Å². The van der Waals surface area contributed by atoms with Crippen molar-refractivity contribution in [3.63, 3.8) is 0 Å². The molecule has 0 amide bonds. The molecule has 0 saturated heterocycles. The molecule has 0 aliphatic rings. The molecule has 2 aromatic carbocycles. The third-order valence-corrected chi connectivity index (χ3v) is 5.31. The van der Waals surface area contributed by atoms with E-state index in [4.69, 9.17) is 9.47 Å². The lowest BCUT2D eigenvalue weighted by atomic mass is 10.1. The summed E-state index contributed by atoms with van der Waals surface area (Å²) in [5.41, 5.74) is 1.72. The molecular weight excluding hydrogens is 386 g/mol. The Labute approximate surface area is 174 Å². The number of hydrogen-bond donors (Lipinski definition) is 0. The van der Waals surface area contributed by atoms with Crippen LogP contribution in [-0.4, -0.2) is 40.5 Å². The monoisotopic (exact) mass is 409 g/mol. The molecule has 6 nitrogen and oxygen atoms in total. The number of ketones is 1. The van der Waals surface area contributed by atoms with Crippen molar-refractivity contribution in [3.8, 4) is 11.5 Å². The van der Waals surface area contributed by atoms with Crippen LogP contribution in [0.5, 0.6) is 11.5 Å². The van der Waals surface area contributed by atoms with Crippen LogP contribution >= 0.6 is 11.8 Å². The van der Waals surface area contributed by atoms with E-state index in [9.17, 15) is 4.79 Å². The molecule has 0 fully saturated rings. The van der Waals surface area contributed by atoms with Crippen molar-refractivity contribution >= 4 is 17.5 Å². The van der Waals surface area contributed by atoms with E-state index in [1.54, 1.807) is 38.5 Å². The molecule has 7 heteroatoms. The Kier molecular flexibility index (Phi) is 7.08. The highest BCUT2D eigenvalue weighted by atomic mass is 32.2. The first-order chi connectivity index (χ1) is 14.2. The van der Waals surface area contributed by atoms with Gasteiger partial charge in [0.1, 0.15) is 5.82 Å². The minimum atomic E-state index is -0.0197. The maximum Gasteiger partial charge on any atom is 0.191 e. The number of hydrogen-bond acceptors (Lipinski definition) is 6. The summed E-state index contributed by atoms with van der Waals surface area (Å²) >= 11 is 1.36. The van der Waals surface area contributed by atoms with Crippen LogP contribution in [0.1, 0.15) is 21.7 Å². The summed E-state index contributed by atoms with van der Waals surface area (Å²) in [7, 11) is 3.11. The molecule has 3 rings (SSSR count). The SMILES string of the molecule is C=CCn1c(Cc2ccccc2)nnc1SCC(=O)c1ccc(OC)c(OC)c1. The summed E-state index contributed by atoms with van der Waals surface area (Å²) < 4.78 is 12.5. The fraction of sp³-hybridized carbons (Fsp3) is 0.227. The van der Waals surface area contributed by atoms with Crippen LogP contribution in [0.2, 0.25) is 0 Å².